The number of hydrogen-bond acceptors (Lipinski definition) is 3. The van der Waals surface area contributed by atoms with Crippen molar-refractivity contribution in [3.05, 3.63) is 48.0 Å². The molecule has 2 aromatic carbocycles. The van der Waals surface area contributed by atoms with Crippen molar-refractivity contribution >= 4 is 22.7 Å². The molecule has 0 bridgehead atoms. The predicted octanol–water partition coefficient (Wildman–Crippen LogP) is 3.92. The molecule has 3 N–H and O–H groups in total. The molecule has 0 spiro atoms. The largest absolute Gasteiger partial charge is 0.397 e. The molecule has 0 unspecified atom stereocenters. The Kier molecular flexibility index (Phi) is 3.50. The average molecular weight is 267 g/mol. The number of aryl methyl sites for hydroxylation is 1. The molecule has 104 valence electrons. The topological polar surface area (TPSA) is 41.3 Å². The fourth-order valence-corrected chi connectivity index (χ4v) is 2.68. The number of nitrogens with two attached hydrogens (primary N) is 1. The molecule has 0 aliphatic carbocycles. The summed E-state index contributed by atoms with van der Waals surface area (Å²) >= 11 is 0. The Hall–Kier alpha value is -2.16. The fraction of sp³-hybridized carbons (Fsp3) is 0.294. The minimum absolute atomic E-state index is 0.816. The molecular formula is C17H21N3. The van der Waals surface area contributed by atoms with E-state index in [1.807, 2.05) is 25.1 Å². The van der Waals surface area contributed by atoms with Crippen molar-refractivity contribution < 1.29 is 0 Å². The van der Waals surface area contributed by atoms with E-state index in [0.717, 1.165) is 22.6 Å². The molecule has 0 atom stereocenters. The van der Waals surface area contributed by atoms with Crippen LogP contribution in [0.3, 0.4) is 0 Å². The molecule has 0 aromatic heterocycles. The Balaban J connectivity index is 1.76. The highest BCUT2D eigenvalue weighted by atomic mass is 15.1. The Morgan fingerprint density at radius 1 is 1.00 bits per heavy atom. The van der Waals surface area contributed by atoms with Gasteiger partial charge in [0.1, 0.15) is 0 Å². The van der Waals surface area contributed by atoms with Gasteiger partial charge in [-0.2, -0.15) is 0 Å². The monoisotopic (exact) mass is 267 g/mol. The van der Waals surface area contributed by atoms with E-state index in [0.29, 0.717) is 0 Å². The molecule has 0 amide bonds. The maximum absolute atomic E-state index is 6.09. The van der Waals surface area contributed by atoms with Crippen LogP contribution in [0.1, 0.15) is 18.4 Å². The predicted molar refractivity (Wildman–Crippen MR) is 86.8 cm³/mol. The zero-order valence-corrected chi connectivity index (χ0v) is 11.9. The van der Waals surface area contributed by atoms with Crippen LogP contribution in [0.4, 0.5) is 22.7 Å². The maximum Gasteiger partial charge on any atom is 0.0620 e. The lowest BCUT2D eigenvalue weighted by molar-refractivity contribution is 0.949. The van der Waals surface area contributed by atoms with Gasteiger partial charge in [-0.05, 0) is 55.7 Å². The molecule has 0 radical (unpaired) electrons. The summed E-state index contributed by atoms with van der Waals surface area (Å²) in [4.78, 5) is 2.44. The SMILES string of the molecule is Cc1cccc(Nc2ccc(N3CCCC3)cc2)c1N. The van der Waals surface area contributed by atoms with Crippen LogP contribution in [0.2, 0.25) is 0 Å². The van der Waals surface area contributed by atoms with Crippen molar-refractivity contribution in [2.24, 2.45) is 0 Å². The van der Waals surface area contributed by atoms with Gasteiger partial charge in [0.25, 0.3) is 0 Å². The third-order valence-electron chi connectivity index (χ3n) is 3.94. The number of anilines is 4. The number of rotatable bonds is 3. The Morgan fingerprint density at radius 3 is 2.40 bits per heavy atom. The van der Waals surface area contributed by atoms with Crippen LogP contribution in [0.15, 0.2) is 42.5 Å². The second-order valence-electron chi connectivity index (χ2n) is 5.40. The van der Waals surface area contributed by atoms with Crippen molar-refractivity contribution in [2.75, 3.05) is 29.0 Å². The summed E-state index contributed by atoms with van der Waals surface area (Å²) in [6.07, 6.45) is 2.61. The van der Waals surface area contributed by atoms with E-state index in [1.54, 1.807) is 0 Å². The summed E-state index contributed by atoms with van der Waals surface area (Å²) in [6, 6.07) is 14.7. The lowest BCUT2D eigenvalue weighted by atomic mass is 10.1. The number of hydrogen-bond donors (Lipinski definition) is 2. The van der Waals surface area contributed by atoms with Crippen LogP contribution >= 0.6 is 0 Å². The van der Waals surface area contributed by atoms with Crippen LogP contribution < -0.4 is 16.0 Å². The van der Waals surface area contributed by atoms with Crippen LogP contribution in [0.25, 0.3) is 0 Å². The van der Waals surface area contributed by atoms with Crippen LogP contribution in [0.5, 0.6) is 0 Å². The van der Waals surface area contributed by atoms with Crippen LogP contribution in [0, 0.1) is 6.92 Å². The van der Waals surface area contributed by atoms with Gasteiger partial charge in [0.15, 0.2) is 0 Å². The summed E-state index contributed by atoms with van der Waals surface area (Å²) in [5.74, 6) is 0. The van der Waals surface area contributed by atoms with Gasteiger partial charge >= 0.3 is 0 Å². The average Bonchev–Trinajstić information content (AvgIpc) is 2.99. The number of para-hydroxylation sites is 1. The Bertz CT molecular complexity index is 584. The van der Waals surface area contributed by atoms with Crippen molar-refractivity contribution in [1.29, 1.82) is 0 Å². The smallest absolute Gasteiger partial charge is 0.0620 e. The van der Waals surface area contributed by atoms with E-state index < -0.39 is 0 Å². The highest BCUT2D eigenvalue weighted by molar-refractivity contribution is 5.75. The minimum Gasteiger partial charge on any atom is -0.397 e. The molecule has 1 aliphatic rings. The molecule has 2 aromatic rings. The molecule has 1 fully saturated rings. The van der Waals surface area contributed by atoms with Crippen LogP contribution in [-0.4, -0.2) is 13.1 Å². The van der Waals surface area contributed by atoms with E-state index in [1.165, 1.54) is 31.6 Å². The number of nitrogens with one attached hydrogen (secondary N) is 1. The minimum atomic E-state index is 0.816. The van der Waals surface area contributed by atoms with Crippen molar-refractivity contribution in [2.45, 2.75) is 19.8 Å². The summed E-state index contributed by atoms with van der Waals surface area (Å²) in [6.45, 7) is 4.38. The molecule has 1 saturated heterocycles. The van der Waals surface area contributed by atoms with Crippen LogP contribution in [-0.2, 0) is 0 Å². The van der Waals surface area contributed by atoms with Gasteiger partial charge in [-0.15, -0.1) is 0 Å². The molecule has 1 heterocycles. The maximum atomic E-state index is 6.09. The second kappa shape index (κ2) is 5.45. The van der Waals surface area contributed by atoms with Crippen molar-refractivity contribution in [3.8, 4) is 0 Å². The molecule has 20 heavy (non-hydrogen) atoms. The highest BCUT2D eigenvalue weighted by Crippen LogP contribution is 2.27. The lowest BCUT2D eigenvalue weighted by Gasteiger charge is -2.18. The lowest BCUT2D eigenvalue weighted by Crippen LogP contribution is -2.17. The first-order valence-electron chi connectivity index (χ1n) is 7.21. The molecular weight excluding hydrogens is 246 g/mol. The van der Waals surface area contributed by atoms with E-state index in [-0.39, 0.29) is 0 Å². The van der Waals surface area contributed by atoms with Crippen molar-refractivity contribution in [1.82, 2.24) is 0 Å². The number of nitrogen functional groups attached to an aromatic ring is 1. The second-order valence-corrected chi connectivity index (χ2v) is 5.40. The Labute approximate surface area is 120 Å². The zero-order chi connectivity index (χ0) is 13.9. The van der Waals surface area contributed by atoms with E-state index in [4.69, 9.17) is 5.73 Å². The Morgan fingerprint density at radius 2 is 1.70 bits per heavy atom. The summed E-state index contributed by atoms with van der Waals surface area (Å²) in [5.41, 5.74) is 11.4. The standard InChI is InChI=1S/C17H21N3/c1-13-5-4-6-16(17(13)18)19-14-7-9-15(10-8-14)20-11-2-3-12-20/h4-10,19H,2-3,11-12,18H2,1H3. The first-order chi connectivity index (χ1) is 9.74. The molecule has 3 nitrogen and oxygen atoms in total. The third-order valence-corrected chi connectivity index (χ3v) is 3.94. The normalized spacial score (nSPS) is 14.6. The third kappa shape index (κ3) is 2.57. The summed E-state index contributed by atoms with van der Waals surface area (Å²) in [7, 11) is 0. The molecule has 3 rings (SSSR count). The van der Waals surface area contributed by atoms with E-state index in [2.05, 4.69) is 34.5 Å². The van der Waals surface area contributed by atoms with Gasteiger partial charge in [-0.1, -0.05) is 12.1 Å². The van der Waals surface area contributed by atoms with Gasteiger partial charge < -0.3 is 16.0 Å². The number of nitrogens with zero attached hydrogens (tertiary/aromatic N) is 1. The molecule has 1 aliphatic heterocycles. The van der Waals surface area contributed by atoms with Gasteiger partial charge in [0.2, 0.25) is 0 Å². The number of benzene rings is 2. The first-order valence-corrected chi connectivity index (χ1v) is 7.21. The molecule has 0 saturated carbocycles. The summed E-state index contributed by atoms with van der Waals surface area (Å²) < 4.78 is 0. The molecule has 3 heteroatoms. The highest BCUT2D eigenvalue weighted by Gasteiger charge is 2.11. The van der Waals surface area contributed by atoms with E-state index in [9.17, 15) is 0 Å². The van der Waals surface area contributed by atoms with Gasteiger partial charge in [0.05, 0.1) is 11.4 Å². The fourth-order valence-electron chi connectivity index (χ4n) is 2.68. The van der Waals surface area contributed by atoms with Gasteiger partial charge in [-0.25, -0.2) is 0 Å². The van der Waals surface area contributed by atoms with Gasteiger partial charge in [0, 0.05) is 24.5 Å². The van der Waals surface area contributed by atoms with Crippen molar-refractivity contribution in [3.63, 3.8) is 0 Å². The first kappa shape index (κ1) is 12.9. The summed E-state index contributed by atoms with van der Waals surface area (Å²) in [5, 5.41) is 3.39. The zero-order valence-electron chi connectivity index (χ0n) is 11.9. The van der Waals surface area contributed by atoms with E-state index >= 15 is 0 Å². The quantitative estimate of drug-likeness (QED) is 0.828. The van der Waals surface area contributed by atoms with Gasteiger partial charge in [-0.3, -0.25) is 0 Å².